The second-order valence-electron chi connectivity index (χ2n) is 5.48. The third-order valence-corrected chi connectivity index (χ3v) is 7.23. The third-order valence-electron chi connectivity index (χ3n) is 4.25. The van der Waals surface area contributed by atoms with Gasteiger partial charge in [-0.25, -0.2) is 12.8 Å². The summed E-state index contributed by atoms with van der Waals surface area (Å²) in [6, 6.07) is 3.81. The average Bonchev–Trinajstić information content (AvgIpc) is 3.04. The average molecular weight is 371 g/mol. The molecule has 0 spiro atoms. The van der Waals surface area contributed by atoms with E-state index >= 15 is 0 Å². The van der Waals surface area contributed by atoms with Gasteiger partial charge < -0.3 is 9.47 Å². The Morgan fingerprint density at radius 2 is 1.92 bits per heavy atom. The number of ether oxygens (including phenoxy) is 2. The highest BCUT2D eigenvalue weighted by molar-refractivity contribution is 7.89. The normalized spacial score (nSPS) is 18.2. The molecule has 0 bridgehead atoms. The summed E-state index contributed by atoms with van der Waals surface area (Å²) in [6.07, 6.45) is 0.630. The van der Waals surface area contributed by atoms with Crippen LogP contribution in [0.1, 0.15) is 23.4 Å². The molecular formula is C16H18FNO4S2. The van der Waals surface area contributed by atoms with E-state index in [4.69, 9.17) is 9.47 Å². The molecule has 0 saturated heterocycles. The molecule has 8 heteroatoms. The lowest BCUT2D eigenvalue weighted by molar-refractivity contribution is 0.325. The molecule has 2 heterocycles. The Bertz CT molecular complexity index is 863. The van der Waals surface area contributed by atoms with Gasteiger partial charge in [0.1, 0.15) is 10.7 Å². The maximum absolute atomic E-state index is 14.4. The summed E-state index contributed by atoms with van der Waals surface area (Å²) in [5, 5.41) is 1.95. The largest absolute Gasteiger partial charge is 0.493 e. The Morgan fingerprint density at radius 3 is 2.58 bits per heavy atom. The number of hydrogen-bond acceptors (Lipinski definition) is 5. The lowest BCUT2D eigenvalue weighted by Crippen LogP contribution is -2.38. The van der Waals surface area contributed by atoms with E-state index in [0.717, 1.165) is 11.6 Å². The molecule has 1 aliphatic rings. The topological polar surface area (TPSA) is 55.8 Å². The van der Waals surface area contributed by atoms with Crippen molar-refractivity contribution < 1.29 is 22.3 Å². The molecule has 1 aromatic heterocycles. The Labute approximate surface area is 144 Å². The second kappa shape index (κ2) is 6.34. The van der Waals surface area contributed by atoms with Gasteiger partial charge >= 0.3 is 0 Å². The van der Waals surface area contributed by atoms with Crippen LogP contribution in [0.15, 0.2) is 28.5 Å². The van der Waals surface area contributed by atoms with Gasteiger partial charge in [0.05, 0.1) is 14.2 Å². The van der Waals surface area contributed by atoms with Gasteiger partial charge in [0.2, 0.25) is 10.0 Å². The van der Waals surface area contributed by atoms with Crippen LogP contribution in [-0.4, -0.2) is 33.5 Å². The summed E-state index contributed by atoms with van der Waals surface area (Å²) in [5.74, 6) is -0.518. The molecule has 0 saturated carbocycles. The molecule has 0 N–H and O–H groups in total. The zero-order valence-corrected chi connectivity index (χ0v) is 15.2. The van der Waals surface area contributed by atoms with Crippen molar-refractivity contribution in [3.63, 3.8) is 0 Å². The monoisotopic (exact) mass is 371 g/mol. The minimum atomic E-state index is -3.99. The van der Waals surface area contributed by atoms with E-state index in [1.807, 2.05) is 18.4 Å². The number of sulfonamides is 1. The van der Waals surface area contributed by atoms with Crippen LogP contribution in [0.4, 0.5) is 4.39 Å². The highest BCUT2D eigenvalue weighted by atomic mass is 32.2. The Balaban J connectivity index is 2.06. The number of hydrogen-bond donors (Lipinski definition) is 0. The summed E-state index contributed by atoms with van der Waals surface area (Å²) < 4.78 is 51.9. The van der Waals surface area contributed by atoms with Gasteiger partial charge in [0.15, 0.2) is 11.5 Å². The molecule has 0 radical (unpaired) electrons. The maximum atomic E-state index is 14.4. The minimum absolute atomic E-state index is 0.153. The highest BCUT2D eigenvalue weighted by Gasteiger charge is 2.36. The molecule has 24 heavy (non-hydrogen) atoms. The Morgan fingerprint density at radius 1 is 1.25 bits per heavy atom. The molecular weight excluding hydrogens is 353 g/mol. The van der Waals surface area contributed by atoms with Crippen LogP contribution in [0, 0.1) is 5.82 Å². The van der Waals surface area contributed by atoms with Gasteiger partial charge in [-0.1, -0.05) is 0 Å². The van der Waals surface area contributed by atoms with Gasteiger partial charge in [0, 0.05) is 29.6 Å². The lowest BCUT2D eigenvalue weighted by Gasteiger charge is -2.32. The van der Waals surface area contributed by atoms with E-state index in [1.54, 1.807) is 11.3 Å². The molecule has 1 aromatic carbocycles. The van der Waals surface area contributed by atoms with Crippen molar-refractivity contribution in [1.82, 2.24) is 4.31 Å². The van der Waals surface area contributed by atoms with Crippen molar-refractivity contribution in [1.29, 1.82) is 0 Å². The predicted molar refractivity (Wildman–Crippen MR) is 89.8 cm³/mol. The number of methoxy groups -OCH3 is 2. The first-order valence-electron chi connectivity index (χ1n) is 7.39. The van der Waals surface area contributed by atoms with E-state index in [0.29, 0.717) is 13.0 Å². The van der Waals surface area contributed by atoms with Crippen molar-refractivity contribution in [3.05, 3.63) is 39.8 Å². The summed E-state index contributed by atoms with van der Waals surface area (Å²) in [4.78, 5) is 0.785. The number of rotatable bonds is 4. The molecule has 1 unspecified atom stereocenters. The molecule has 0 aliphatic carbocycles. The smallest absolute Gasteiger partial charge is 0.246 e. The maximum Gasteiger partial charge on any atom is 0.246 e. The van der Waals surface area contributed by atoms with Gasteiger partial charge in [0.25, 0.3) is 0 Å². The minimum Gasteiger partial charge on any atom is -0.493 e. The van der Waals surface area contributed by atoms with Crippen LogP contribution in [-0.2, 0) is 16.4 Å². The van der Waals surface area contributed by atoms with Crippen LogP contribution < -0.4 is 9.47 Å². The van der Waals surface area contributed by atoms with E-state index in [9.17, 15) is 12.8 Å². The Hall–Kier alpha value is -1.64. The van der Waals surface area contributed by atoms with Crippen LogP contribution in [0.5, 0.6) is 11.5 Å². The fraction of sp³-hybridized carbons (Fsp3) is 0.375. The van der Waals surface area contributed by atoms with E-state index in [2.05, 4.69) is 0 Å². The molecule has 0 amide bonds. The fourth-order valence-electron chi connectivity index (χ4n) is 2.97. The molecule has 5 nitrogen and oxygen atoms in total. The number of halogens is 1. The molecule has 1 aliphatic heterocycles. The van der Waals surface area contributed by atoms with E-state index < -0.39 is 20.7 Å². The SMILES string of the molecule is COc1cc(F)c(S(=O)(=O)N2CCc3sccc3C2C)cc1OC. The number of fused-ring (bicyclic) bond motifs is 1. The van der Waals surface area contributed by atoms with Crippen LogP contribution in [0.2, 0.25) is 0 Å². The van der Waals surface area contributed by atoms with E-state index in [-0.39, 0.29) is 17.5 Å². The first-order chi connectivity index (χ1) is 11.4. The standard InChI is InChI=1S/C16H18FNO4S2/c1-10-11-5-7-23-15(11)4-6-18(10)24(19,20)16-9-14(22-3)13(21-2)8-12(16)17/h5,7-10H,4,6H2,1-3H3. The first kappa shape index (κ1) is 17.2. The molecule has 130 valence electrons. The van der Waals surface area contributed by atoms with Crippen molar-refractivity contribution in [2.75, 3.05) is 20.8 Å². The van der Waals surface area contributed by atoms with Crippen molar-refractivity contribution in [2.45, 2.75) is 24.3 Å². The molecule has 0 fully saturated rings. The van der Waals surface area contributed by atoms with Gasteiger partial charge in [-0.05, 0) is 30.4 Å². The number of thiophene rings is 1. The number of benzene rings is 1. The predicted octanol–water partition coefficient (Wildman–Crippen LogP) is 3.21. The Kier molecular flexibility index (Phi) is 4.54. The van der Waals surface area contributed by atoms with Crippen molar-refractivity contribution in [2.24, 2.45) is 0 Å². The zero-order chi connectivity index (χ0) is 17.5. The van der Waals surface area contributed by atoms with Crippen molar-refractivity contribution in [3.8, 4) is 11.5 Å². The van der Waals surface area contributed by atoms with Gasteiger partial charge in [-0.3, -0.25) is 0 Å². The van der Waals surface area contributed by atoms with Crippen LogP contribution in [0.25, 0.3) is 0 Å². The fourth-order valence-corrected chi connectivity index (χ4v) is 5.61. The zero-order valence-electron chi connectivity index (χ0n) is 13.6. The highest BCUT2D eigenvalue weighted by Crippen LogP contribution is 2.39. The quantitative estimate of drug-likeness (QED) is 0.828. The summed E-state index contributed by atoms with van der Waals surface area (Å²) in [7, 11) is -1.24. The summed E-state index contributed by atoms with van der Waals surface area (Å²) in [5.41, 5.74) is 0.982. The second-order valence-corrected chi connectivity index (χ2v) is 8.34. The first-order valence-corrected chi connectivity index (χ1v) is 9.71. The van der Waals surface area contributed by atoms with Gasteiger partial charge in [-0.2, -0.15) is 4.31 Å². The summed E-state index contributed by atoms with van der Waals surface area (Å²) >= 11 is 1.62. The van der Waals surface area contributed by atoms with E-state index in [1.165, 1.54) is 29.5 Å². The third kappa shape index (κ3) is 2.68. The molecule has 3 rings (SSSR count). The van der Waals surface area contributed by atoms with Crippen LogP contribution >= 0.6 is 11.3 Å². The summed E-state index contributed by atoms with van der Waals surface area (Å²) in [6.45, 7) is 2.14. The number of nitrogens with zero attached hydrogens (tertiary/aromatic N) is 1. The van der Waals surface area contributed by atoms with Gasteiger partial charge in [-0.15, -0.1) is 11.3 Å². The molecule has 1 atom stereocenters. The lowest BCUT2D eigenvalue weighted by atomic mass is 10.0. The van der Waals surface area contributed by atoms with Crippen LogP contribution in [0.3, 0.4) is 0 Å². The van der Waals surface area contributed by atoms with Crippen molar-refractivity contribution >= 4 is 21.4 Å². The molecule has 2 aromatic rings.